The average Bonchev–Trinajstić information content (AvgIpc) is 3.13. The summed E-state index contributed by atoms with van der Waals surface area (Å²) in [6.07, 6.45) is 6.06. The summed E-state index contributed by atoms with van der Waals surface area (Å²) < 4.78 is 29.0. The van der Waals surface area contributed by atoms with Crippen LogP contribution in [0.1, 0.15) is 38.2 Å². The number of rotatable bonds is 6. The zero-order chi connectivity index (χ0) is 20.8. The molecule has 1 aromatic carbocycles. The summed E-state index contributed by atoms with van der Waals surface area (Å²) in [4.78, 5) is 6.98. The molecule has 2 N–H and O–H groups in total. The molecule has 2 heterocycles. The van der Waals surface area contributed by atoms with Gasteiger partial charge in [0.2, 0.25) is 0 Å². The highest BCUT2D eigenvalue weighted by atomic mass is 19.1. The largest absolute Gasteiger partial charge is 0.367 e. The van der Waals surface area contributed by atoms with Gasteiger partial charge in [0.1, 0.15) is 11.6 Å². The van der Waals surface area contributed by atoms with E-state index in [0.717, 1.165) is 50.2 Å². The second kappa shape index (κ2) is 9.71. The van der Waals surface area contributed by atoms with Crippen LogP contribution >= 0.6 is 0 Å². The first-order chi connectivity index (χ1) is 14.0. The van der Waals surface area contributed by atoms with E-state index in [-0.39, 0.29) is 12.0 Å². The van der Waals surface area contributed by atoms with Crippen molar-refractivity contribution in [3.8, 4) is 0 Å². The fraction of sp³-hybridized carbons (Fsp3) is 0.524. The minimum Gasteiger partial charge on any atom is -0.367 e. The molecule has 0 bridgehead atoms. The molecule has 3 rings (SSSR count). The maximum Gasteiger partial charge on any atom is 0.191 e. The Balaban J connectivity index is 1.62. The van der Waals surface area contributed by atoms with Gasteiger partial charge in [-0.1, -0.05) is 13.0 Å². The number of nitrogens with one attached hydrogen (secondary N) is 2. The van der Waals surface area contributed by atoms with Crippen LogP contribution in [0.5, 0.6) is 0 Å². The van der Waals surface area contributed by atoms with Gasteiger partial charge in [-0.3, -0.25) is 9.67 Å². The number of guanidine groups is 1. The molecule has 0 radical (unpaired) electrons. The van der Waals surface area contributed by atoms with E-state index in [0.29, 0.717) is 12.1 Å². The summed E-state index contributed by atoms with van der Waals surface area (Å²) >= 11 is 0. The third kappa shape index (κ3) is 5.68. The van der Waals surface area contributed by atoms with Crippen molar-refractivity contribution in [1.82, 2.24) is 20.4 Å². The number of nitrogens with zero attached hydrogens (tertiary/aromatic N) is 4. The Morgan fingerprint density at radius 3 is 2.90 bits per heavy atom. The van der Waals surface area contributed by atoms with Crippen LogP contribution in [0.15, 0.2) is 35.6 Å². The summed E-state index contributed by atoms with van der Waals surface area (Å²) in [7, 11) is 1.92. The van der Waals surface area contributed by atoms with Gasteiger partial charge in [0.15, 0.2) is 5.96 Å². The van der Waals surface area contributed by atoms with Gasteiger partial charge in [0.05, 0.1) is 11.9 Å². The average molecular weight is 405 g/mol. The predicted octanol–water partition coefficient (Wildman–Crippen LogP) is 3.03. The maximum atomic E-state index is 14.0. The Labute approximate surface area is 171 Å². The lowest BCUT2D eigenvalue weighted by Gasteiger charge is -2.34. The van der Waals surface area contributed by atoms with Crippen molar-refractivity contribution in [1.29, 1.82) is 0 Å². The van der Waals surface area contributed by atoms with E-state index in [1.807, 2.05) is 38.0 Å². The van der Waals surface area contributed by atoms with E-state index in [4.69, 9.17) is 0 Å². The third-order valence-corrected chi connectivity index (χ3v) is 5.18. The minimum absolute atomic E-state index is 0.149. The van der Waals surface area contributed by atoms with Crippen molar-refractivity contribution in [2.24, 2.45) is 12.0 Å². The fourth-order valence-corrected chi connectivity index (χ4v) is 3.64. The molecule has 0 saturated carbocycles. The van der Waals surface area contributed by atoms with Crippen molar-refractivity contribution in [2.75, 3.05) is 31.1 Å². The number of aryl methyl sites for hydroxylation is 1. The normalized spacial score (nSPS) is 18.6. The number of benzene rings is 1. The topological polar surface area (TPSA) is 57.5 Å². The Kier molecular flexibility index (Phi) is 7.06. The fourth-order valence-electron chi connectivity index (χ4n) is 3.64. The molecule has 2 aromatic rings. The smallest absolute Gasteiger partial charge is 0.191 e. The summed E-state index contributed by atoms with van der Waals surface area (Å²) in [5.74, 6) is -0.512. The second-order valence-electron chi connectivity index (χ2n) is 7.59. The van der Waals surface area contributed by atoms with E-state index >= 15 is 0 Å². The van der Waals surface area contributed by atoms with Crippen LogP contribution in [0.25, 0.3) is 0 Å². The molecule has 0 amide bonds. The first kappa shape index (κ1) is 21.1. The summed E-state index contributed by atoms with van der Waals surface area (Å²) in [5, 5.41) is 11.0. The first-order valence-corrected chi connectivity index (χ1v) is 10.2. The molecule has 1 aliphatic heterocycles. The first-order valence-electron chi connectivity index (χ1n) is 10.2. The summed E-state index contributed by atoms with van der Waals surface area (Å²) in [6, 6.07) is 3.98. The van der Waals surface area contributed by atoms with Crippen LogP contribution in [0.4, 0.5) is 14.5 Å². The lowest BCUT2D eigenvalue weighted by atomic mass is 10.0. The number of anilines is 1. The van der Waals surface area contributed by atoms with Gasteiger partial charge in [0.25, 0.3) is 0 Å². The van der Waals surface area contributed by atoms with Crippen molar-refractivity contribution >= 4 is 11.6 Å². The van der Waals surface area contributed by atoms with Gasteiger partial charge in [-0.15, -0.1) is 0 Å². The minimum atomic E-state index is -0.563. The van der Waals surface area contributed by atoms with E-state index in [9.17, 15) is 8.78 Å². The molecule has 0 spiro atoms. The highest BCUT2D eigenvalue weighted by Crippen LogP contribution is 2.21. The van der Waals surface area contributed by atoms with E-state index in [1.54, 1.807) is 0 Å². The molecule has 1 aliphatic rings. The van der Waals surface area contributed by atoms with Crippen molar-refractivity contribution in [2.45, 2.75) is 38.6 Å². The summed E-state index contributed by atoms with van der Waals surface area (Å²) in [6.45, 7) is 6.95. The van der Waals surface area contributed by atoms with Crippen LogP contribution in [-0.2, 0) is 7.05 Å². The lowest BCUT2D eigenvalue weighted by Crippen LogP contribution is -2.51. The monoisotopic (exact) mass is 404 g/mol. The zero-order valence-electron chi connectivity index (χ0n) is 17.3. The molecular weight excluding hydrogens is 374 g/mol. The standard InChI is InChI=1S/C21H30F2N6/c1-4-24-21(25-11-15(2)19-8-7-16(22)10-20(19)23)27-17-6-5-9-29(13-17)18-12-26-28(3)14-18/h7-8,10,12,14-15,17H,4-6,9,11,13H2,1-3H3,(H2,24,25,27). The summed E-state index contributed by atoms with van der Waals surface area (Å²) in [5.41, 5.74) is 1.60. The van der Waals surface area contributed by atoms with Crippen molar-refractivity contribution in [3.05, 3.63) is 47.8 Å². The van der Waals surface area contributed by atoms with Crippen molar-refractivity contribution in [3.63, 3.8) is 0 Å². The van der Waals surface area contributed by atoms with E-state index in [1.165, 1.54) is 12.1 Å². The number of piperidine rings is 1. The van der Waals surface area contributed by atoms with Crippen LogP contribution in [0, 0.1) is 11.6 Å². The van der Waals surface area contributed by atoms with Gasteiger partial charge < -0.3 is 15.5 Å². The molecule has 2 atom stereocenters. The molecule has 1 aromatic heterocycles. The number of aromatic nitrogens is 2. The second-order valence-corrected chi connectivity index (χ2v) is 7.59. The third-order valence-electron chi connectivity index (χ3n) is 5.18. The molecule has 8 heteroatoms. The highest BCUT2D eigenvalue weighted by Gasteiger charge is 2.22. The highest BCUT2D eigenvalue weighted by molar-refractivity contribution is 5.80. The van der Waals surface area contributed by atoms with Gasteiger partial charge >= 0.3 is 0 Å². The molecular formula is C21H30F2N6. The molecule has 2 unspecified atom stereocenters. The van der Waals surface area contributed by atoms with E-state index in [2.05, 4.69) is 25.6 Å². The molecule has 29 heavy (non-hydrogen) atoms. The van der Waals surface area contributed by atoms with Gasteiger partial charge in [0, 0.05) is 57.4 Å². The quantitative estimate of drug-likeness (QED) is 0.574. The van der Waals surface area contributed by atoms with Gasteiger partial charge in [-0.05, 0) is 31.4 Å². The van der Waals surface area contributed by atoms with Gasteiger partial charge in [-0.2, -0.15) is 5.10 Å². The van der Waals surface area contributed by atoms with Crippen molar-refractivity contribution < 1.29 is 8.78 Å². The Hall–Kier alpha value is -2.64. The Morgan fingerprint density at radius 1 is 1.38 bits per heavy atom. The SMILES string of the molecule is CCNC(=NCC(C)c1ccc(F)cc1F)NC1CCCN(c2cnn(C)c2)C1. The number of hydrogen-bond donors (Lipinski definition) is 2. The van der Waals surface area contributed by atoms with Crippen LogP contribution < -0.4 is 15.5 Å². The number of halogens is 2. The Bertz CT molecular complexity index is 834. The lowest BCUT2D eigenvalue weighted by molar-refractivity contribution is 0.467. The zero-order valence-corrected chi connectivity index (χ0v) is 17.3. The molecule has 158 valence electrons. The molecule has 1 fully saturated rings. The number of hydrogen-bond acceptors (Lipinski definition) is 3. The number of aliphatic imine (C=N–C) groups is 1. The van der Waals surface area contributed by atoms with Gasteiger partial charge in [-0.25, -0.2) is 8.78 Å². The predicted molar refractivity (Wildman–Crippen MR) is 112 cm³/mol. The van der Waals surface area contributed by atoms with Crippen LogP contribution in [0.2, 0.25) is 0 Å². The van der Waals surface area contributed by atoms with Crippen LogP contribution in [-0.4, -0.2) is 48.0 Å². The maximum absolute atomic E-state index is 14.0. The van der Waals surface area contributed by atoms with Crippen LogP contribution in [0.3, 0.4) is 0 Å². The van der Waals surface area contributed by atoms with E-state index < -0.39 is 11.6 Å². The Morgan fingerprint density at radius 2 is 2.21 bits per heavy atom. The molecule has 0 aliphatic carbocycles. The molecule has 6 nitrogen and oxygen atoms in total. The molecule has 1 saturated heterocycles.